The summed E-state index contributed by atoms with van der Waals surface area (Å²) >= 11 is 0. The number of amides is 1. The van der Waals surface area contributed by atoms with Crippen molar-refractivity contribution >= 4 is 5.91 Å². The van der Waals surface area contributed by atoms with Gasteiger partial charge in [0, 0.05) is 18.9 Å². The van der Waals surface area contributed by atoms with Gasteiger partial charge in [0.1, 0.15) is 11.5 Å². The summed E-state index contributed by atoms with van der Waals surface area (Å²) in [5.41, 5.74) is 2.83. The van der Waals surface area contributed by atoms with Gasteiger partial charge in [-0.05, 0) is 53.9 Å². The van der Waals surface area contributed by atoms with Crippen LogP contribution in [0, 0.1) is 0 Å². The van der Waals surface area contributed by atoms with Crippen LogP contribution in [-0.4, -0.2) is 10.9 Å². The van der Waals surface area contributed by atoms with Gasteiger partial charge in [0.15, 0.2) is 0 Å². The number of carbonyl (C=O) groups is 1. The van der Waals surface area contributed by atoms with Crippen molar-refractivity contribution < 1.29 is 9.53 Å². The molecule has 2 aromatic carbocycles. The van der Waals surface area contributed by atoms with Gasteiger partial charge in [-0.1, -0.05) is 37.6 Å². The molecule has 0 bridgehead atoms. The zero-order chi connectivity index (χ0) is 18.2. The third-order valence-corrected chi connectivity index (χ3v) is 3.97. The first-order valence-corrected chi connectivity index (χ1v) is 8.78. The third kappa shape index (κ3) is 4.93. The Kier molecular flexibility index (Phi) is 5.99. The van der Waals surface area contributed by atoms with E-state index in [9.17, 15) is 4.79 Å². The topological polar surface area (TPSA) is 51.2 Å². The number of hydrogen-bond acceptors (Lipinski definition) is 3. The molecule has 1 amide bonds. The highest BCUT2D eigenvalue weighted by atomic mass is 16.5. The maximum absolute atomic E-state index is 12.1. The van der Waals surface area contributed by atoms with Crippen molar-refractivity contribution in [3.05, 3.63) is 89.7 Å². The fraction of sp³-hybridized carbons (Fsp3) is 0.182. The molecule has 132 valence electrons. The molecule has 0 spiro atoms. The summed E-state index contributed by atoms with van der Waals surface area (Å²) < 4.78 is 5.92. The molecule has 1 heterocycles. The summed E-state index contributed by atoms with van der Waals surface area (Å²) in [4.78, 5) is 16.1. The Hall–Kier alpha value is -3.14. The Morgan fingerprint density at radius 1 is 1.00 bits per heavy atom. The molecule has 1 N–H and O–H groups in total. The lowest BCUT2D eigenvalue weighted by Gasteiger charge is -2.09. The number of aromatic nitrogens is 1. The van der Waals surface area contributed by atoms with Crippen LogP contribution in [0.15, 0.2) is 73.1 Å². The monoisotopic (exact) mass is 346 g/mol. The average molecular weight is 346 g/mol. The van der Waals surface area contributed by atoms with E-state index in [0.29, 0.717) is 12.1 Å². The van der Waals surface area contributed by atoms with Crippen molar-refractivity contribution in [3.8, 4) is 11.5 Å². The minimum absolute atomic E-state index is 0.143. The first-order valence-electron chi connectivity index (χ1n) is 8.78. The number of nitrogens with zero attached hydrogens (tertiary/aromatic N) is 1. The predicted molar refractivity (Wildman–Crippen MR) is 102 cm³/mol. The van der Waals surface area contributed by atoms with Crippen LogP contribution in [0.4, 0.5) is 0 Å². The van der Waals surface area contributed by atoms with Crippen molar-refractivity contribution in [2.24, 2.45) is 0 Å². The van der Waals surface area contributed by atoms with E-state index in [0.717, 1.165) is 29.9 Å². The second-order valence-corrected chi connectivity index (χ2v) is 6.07. The Labute approximate surface area is 153 Å². The van der Waals surface area contributed by atoms with Gasteiger partial charge in [0.25, 0.3) is 5.91 Å². The molecule has 4 heteroatoms. The normalized spacial score (nSPS) is 10.3. The summed E-state index contributed by atoms with van der Waals surface area (Å²) in [6.07, 6.45) is 5.41. The van der Waals surface area contributed by atoms with E-state index in [1.54, 1.807) is 24.5 Å². The number of ether oxygens (including phenoxy) is 1. The molecular weight excluding hydrogens is 324 g/mol. The largest absolute Gasteiger partial charge is 0.457 e. The summed E-state index contributed by atoms with van der Waals surface area (Å²) in [7, 11) is 0. The summed E-state index contributed by atoms with van der Waals surface area (Å²) in [6, 6.07) is 19.4. The quantitative estimate of drug-likeness (QED) is 0.671. The minimum Gasteiger partial charge on any atom is -0.457 e. The Balaban J connectivity index is 1.60. The number of nitrogens with one attached hydrogen (secondary N) is 1. The maximum Gasteiger partial charge on any atom is 0.253 e. The molecule has 0 aliphatic heterocycles. The second kappa shape index (κ2) is 8.81. The molecular formula is C22H22N2O2. The highest BCUT2D eigenvalue weighted by Gasteiger charge is 2.05. The van der Waals surface area contributed by atoms with Gasteiger partial charge in [0.05, 0.1) is 5.56 Å². The third-order valence-electron chi connectivity index (χ3n) is 3.97. The van der Waals surface area contributed by atoms with Crippen molar-refractivity contribution in [3.63, 3.8) is 0 Å². The van der Waals surface area contributed by atoms with Gasteiger partial charge in [0.2, 0.25) is 0 Å². The van der Waals surface area contributed by atoms with Gasteiger partial charge < -0.3 is 10.1 Å². The van der Waals surface area contributed by atoms with Gasteiger partial charge in [-0.3, -0.25) is 9.78 Å². The smallest absolute Gasteiger partial charge is 0.253 e. The standard InChI is InChI=1S/C22H22N2O2/c1-2-5-17-9-11-20(12-10-17)26-21-8-3-6-18(14-21)15-24-22(25)19-7-4-13-23-16-19/h3-4,6-14,16H,2,5,15H2,1H3,(H,24,25). The van der Waals surface area contributed by atoms with Crippen LogP contribution in [0.2, 0.25) is 0 Å². The van der Waals surface area contributed by atoms with Crippen LogP contribution >= 0.6 is 0 Å². The highest BCUT2D eigenvalue weighted by molar-refractivity contribution is 5.93. The van der Waals surface area contributed by atoms with Crippen molar-refractivity contribution in [2.75, 3.05) is 0 Å². The molecule has 3 rings (SSSR count). The molecule has 3 aromatic rings. The lowest BCUT2D eigenvalue weighted by Crippen LogP contribution is -2.22. The Morgan fingerprint density at radius 2 is 1.85 bits per heavy atom. The second-order valence-electron chi connectivity index (χ2n) is 6.07. The van der Waals surface area contributed by atoms with Crippen LogP contribution in [0.5, 0.6) is 11.5 Å². The van der Waals surface area contributed by atoms with E-state index in [1.807, 2.05) is 36.4 Å². The van der Waals surface area contributed by atoms with Gasteiger partial charge >= 0.3 is 0 Å². The van der Waals surface area contributed by atoms with Crippen molar-refractivity contribution in [1.29, 1.82) is 0 Å². The van der Waals surface area contributed by atoms with E-state index in [2.05, 4.69) is 29.4 Å². The minimum atomic E-state index is -0.143. The highest BCUT2D eigenvalue weighted by Crippen LogP contribution is 2.23. The number of benzene rings is 2. The van der Waals surface area contributed by atoms with Crippen molar-refractivity contribution in [2.45, 2.75) is 26.3 Å². The van der Waals surface area contributed by atoms with Gasteiger partial charge in [-0.25, -0.2) is 0 Å². The molecule has 4 nitrogen and oxygen atoms in total. The van der Waals surface area contributed by atoms with Crippen LogP contribution in [-0.2, 0) is 13.0 Å². The van der Waals surface area contributed by atoms with Gasteiger partial charge in [-0.15, -0.1) is 0 Å². The van der Waals surface area contributed by atoms with E-state index in [4.69, 9.17) is 4.74 Å². The molecule has 0 unspecified atom stereocenters. The molecule has 26 heavy (non-hydrogen) atoms. The van der Waals surface area contributed by atoms with Gasteiger partial charge in [-0.2, -0.15) is 0 Å². The first-order chi connectivity index (χ1) is 12.7. The number of rotatable bonds is 7. The number of aryl methyl sites for hydroxylation is 1. The van der Waals surface area contributed by atoms with E-state index in [1.165, 1.54) is 5.56 Å². The maximum atomic E-state index is 12.1. The molecule has 0 saturated heterocycles. The van der Waals surface area contributed by atoms with Crippen molar-refractivity contribution in [1.82, 2.24) is 10.3 Å². The molecule has 0 atom stereocenters. The fourth-order valence-electron chi connectivity index (χ4n) is 2.65. The molecule has 0 saturated carbocycles. The summed E-state index contributed by atoms with van der Waals surface area (Å²) in [5, 5.41) is 2.89. The molecule has 0 aliphatic carbocycles. The van der Waals surface area contributed by atoms with E-state index in [-0.39, 0.29) is 5.91 Å². The first kappa shape index (κ1) is 17.7. The van der Waals surface area contributed by atoms with Crippen LogP contribution in [0.1, 0.15) is 34.8 Å². The van der Waals surface area contributed by atoms with Crippen LogP contribution in [0.3, 0.4) is 0 Å². The zero-order valence-electron chi connectivity index (χ0n) is 14.8. The molecule has 0 aliphatic rings. The lowest BCUT2D eigenvalue weighted by atomic mass is 10.1. The number of pyridine rings is 1. The number of hydrogen-bond donors (Lipinski definition) is 1. The molecule has 0 radical (unpaired) electrons. The van der Waals surface area contributed by atoms with Crippen LogP contribution < -0.4 is 10.1 Å². The Morgan fingerprint density at radius 3 is 2.58 bits per heavy atom. The predicted octanol–water partition coefficient (Wildman–Crippen LogP) is 4.76. The molecule has 1 aromatic heterocycles. The zero-order valence-corrected chi connectivity index (χ0v) is 14.8. The van der Waals surface area contributed by atoms with E-state index < -0.39 is 0 Å². The average Bonchev–Trinajstić information content (AvgIpc) is 2.69. The fourth-order valence-corrected chi connectivity index (χ4v) is 2.65. The summed E-state index contributed by atoms with van der Waals surface area (Å²) in [5.74, 6) is 1.42. The Bertz CT molecular complexity index is 846. The SMILES string of the molecule is CCCc1ccc(Oc2cccc(CNC(=O)c3cccnc3)c2)cc1. The lowest BCUT2D eigenvalue weighted by molar-refractivity contribution is 0.0950. The van der Waals surface area contributed by atoms with E-state index >= 15 is 0 Å². The number of carbonyl (C=O) groups excluding carboxylic acids is 1. The van der Waals surface area contributed by atoms with Crippen LogP contribution in [0.25, 0.3) is 0 Å². The molecule has 0 fully saturated rings. The summed E-state index contributed by atoms with van der Waals surface area (Å²) in [6.45, 7) is 2.60.